The molecule has 0 amide bonds. The second kappa shape index (κ2) is 8.10. The van der Waals surface area contributed by atoms with Crippen molar-refractivity contribution in [1.82, 2.24) is 3.71 Å². The van der Waals surface area contributed by atoms with Crippen LogP contribution in [-0.2, 0) is 20.0 Å². The number of hydrogen-bond acceptors (Lipinski definition) is 5. The fourth-order valence-corrected chi connectivity index (χ4v) is 6.86. The summed E-state index contributed by atoms with van der Waals surface area (Å²) in [6, 6.07) is 11.0. The quantitative estimate of drug-likeness (QED) is 0.756. The van der Waals surface area contributed by atoms with Gasteiger partial charge in [-0.1, -0.05) is 39.1 Å². The van der Waals surface area contributed by atoms with E-state index in [0.717, 1.165) is 11.1 Å². The highest BCUT2D eigenvalue weighted by Crippen LogP contribution is 2.28. The van der Waals surface area contributed by atoms with Crippen LogP contribution in [0.4, 0.5) is 0 Å². The van der Waals surface area contributed by atoms with Crippen LogP contribution in [0.15, 0.2) is 58.3 Å². The molecule has 0 aromatic heterocycles. The maximum absolute atomic E-state index is 13.2. The van der Waals surface area contributed by atoms with Crippen LogP contribution < -0.4 is 0 Å². The summed E-state index contributed by atoms with van der Waals surface area (Å²) in [4.78, 5) is -0.220. The van der Waals surface area contributed by atoms with Gasteiger partial charge in [-0.25, -0.2) is 16.8 Å². The van der Waals surface area contributed by atoms with Crippen molar-refractivity contribution in [2.45, 2.75) is 56.1 Å². The second-order valence-electron chi connectivity index (χ2n) is 6.80. The van der Waals surface area contributed by atoms with E-state index in [0.29, 0.717) is 3.71 Å². The number of benzene rings is 2. The topological polar surface area (TPSA) is 91.8 Å². The van der Waals surface area contributed by atoms with Crippen LogP contribution in [0, 0.1) is 13.8 Å². The lowest BCUT2D eigenvalue weighted by Gasteiger charge is -2.28. The van der Waals surface area contributed by atoms with Crippen LogP contribution in [-0.4, -0.2) is 37.8 Å². The Bertz CT molecular complexity index is 904. The molecule has 0 fully saturated rings. The van der Waals surface area contributed by atoms with Gasteiger partial charge in [-0.3, -0.25) is 0 Å². The molecule has 0 spiro atoms. The number of aliphatic hydroxyl groups is 1. The first-order valence-corrected chi connectivity index (χ1v) is 11.5. The Morgan fingerprint density at radius 3 is 1.41 bits per heavy atom. The Morgan fingerprint density at radius 2 is 1.11 bits per heavy atom. The van der Waals surface area contributed by atoms with Crippen molar-refractivity contribution in [3.8, 4) is 0 Å². The van der Waals surface area contributed by atoms with E-state index in [2.05, 4.69) is 0 Å². The summed E-state index contributed by atoms with van der Waals surface area (Å²) in [5.74, 6) is 0. The van der Waals surface area contributed by atoms with Gasteiger partial charge in [0, 0.05) is 6.04 Å². The lowest BCUT2D eigenvalue weighted by molar-refractivity contribution is 0.165. The lowest BCUT2D eigenvalue weighted by Crippen LogP contribution is -2.44. The fraction of sp³-hybridized carbons (Fsp3) is 0.368. The van der Waals surface area contributed by atoms with E-state index in [-0.39, 0.29) is 16.2 Å². The standard InChI is InChI=1S/C19H25NO5S2/c1-14-5-9-18(10-6-14)26(22,23)20(16(3)13-17(4)21)27(24,25)19-11-7-15(2)8-12-19/h5-12,16-17,21H,13H2,1-4H3. The first-order chi connectivity index (χ1) is 12.5. The molecule has 8 heteroatoms. The normalized spacial score (nSPS) is 14.9. The summed E-state index contributed by atoms with van der Waals surface area (Å²) in [5.41, 5.74) is 1.72. The second-order valence-corrected chi connectivity index (χ2v) is 10.7. The van der Waals surface area contributed by atoms with Crippen LogP contribution in [0.1, 0.15) is 31.4 Å². The van der Waals surface area contributed by atoms with Crippen molar-refractivity contribution in [2.24, 2.45) is 0 Å². The molecule has 2 unspecified atom stereocenters. The maximum Gasteiger partial charge on any atom is 0.256 e. The zero-order chi connectivity index (χ0) is 20.4. The molecule has 0 aliphatic rings. The molecule has 0 saturated heterocycles. The molecule has 0 heterocycles. The van der Waals surface area contributed by atoms with E-state index >= 15 is 0 Å². The largest absolute Gasteiger partial charge is 0.393 e. The third-order valence-corrected chi connectivity index (χ3v) is 8.73. The van der Waals surface area contributed by atoms with Gasteiger partial charge >= 0.3 is 0 Å². The van der Waals surface area contributed by atoms with Gasteiger partial charge in [0.05, 0.1) is 15.9 Å². The van der Waals surface area contributed by atoms with Crippen molar-refractivity contribution in [1.29, 1.82) is 0 Å². The van der Waals surface area contributed by atoms with Crippen molar-refractivity contribution in [2.75, 3.05) is 0 Å². The molecule has 6 nitrogen and oxygen atoms in total. The van der Waals surface area contributed by atoms with Gasteiger partial charge in [0.25, 0.3) is 20.0 Å². The molecule has 0 radical (unpaired) electrons. The number of sulfonamides is 2. The van der Waals surface area contributed by atoms with Crippen LogP contribution in [0.5, 0.6) is 0 Å². The maximum atomic E-state index is 13.2. The average molecular weight is 412 g/mol. The van der Waals surface area contributed by atoms with E-state index in [9.17, 15) is 21.9 Å². The Hall–Kier alpha value is -1.74. The molecule has 2 aromatic carbocycles. The third-order valence-electron chi connectivity index (χ3n) is 4.15. The first-order valence-electron chi connectivity index (χ1n) is 8.57. The molecular weight excluding hydrogens is 386 g/mol. The van der Waals surface area contributed by atoms with Gasteiger partial charge in [0.2, 0.25) is 0 Å². The SMILES string of the molecule is Cc1ccc(S(=O)(=O)N(C(C)CC(C)O)S(=O)(=O)c2ccc(C)cc2)cc1. The van der Waals surface area contributed by atoms with E-state index in [1.165, 1.54) is 38.1 Å². The molecule has 0 aliphatic carbocycles. The van der Waals surface area contributed by atoms with Gasteiger partial charge in [-0.15, -0.1) is 0 Å². The Balaban J connectivity index is 2.64. The Morgan fingerprint density at radius 1 is 0.778 bits per heavy atom. The number of rotatable bonds is 7. The molecule has 0 saturated carbocycles. The van der Waals surface area contributed by atoms with E-state index in [1.54, 1.807) is 24.3 Å². The Labute approximate surface area is 161 Å². The number of aliphatic hydroxyl groups excluding tert-OH is 1. The summed E-state index contributed by atoms with van der Waals surface area (Å²) in [6.07, 6.45) is -0.875. The molecule has 1 N–H and O–H groups in total. The molecule has 0 bridgehead atoms. The zero-order valence-corrected chi connectivity index (χ0v) is 17.5. The minimum Gasteiger partial charge on any atom is -0.393 e. The van der Waals surface area contributed by atoms with Crippen LogP contribution in [0.3, 0.4) is 0 Å². The molecular formula is C19H25NO5S2. The first kappa shape index (κ1) is 21.6. The van der Waals surface area contributed by atoms with Crippen LogP contribution >= 0.6 is 0 Å². The lowest BCUT2D eigenvalue weighted by atomic mass is 10.2. The fourth-order valence-electron chi connectivity index (χ4n) is 2.81. The van der Waals surface area contributed by atoms with Gasteiger partial charge in [-0.05, 0) is 58.4 Å². The molecule has 0 aliphatic heterocycles. The van der Waals surface area contributed by atoms with Gasteiger partial charge < -0.3 is 5.11 Å². The summed E-state index contributed by atoms with van der Waals surface area (Å²) in [5, 5.41) is 9.70. The van der Waals surface area contributed by atoms with Crippen molar-refractivity contribution >= 4 is 20.0 Å². The monoisotopic (exact) mass is 411 g/mol. The van der Waals surface area contributed by atoms with Crippen molar-refractivity contribution < 1.29 is 21.9 Å². The number of hydrogen-bond donors (Lipinski definition) is 1. The van der Waals surface area contributed by atoms with Gasteiger partial charge in [0.1, 0.15) is 0 Å². The van der Waals surface area contributed by atoms with Crippen molar-refractivity contribution in [3.05, 3.63) is 59.7 Å². The molecule has 27 heavy (non-hydrogen) atoms. The molecule has 2 aromatic rings. The zero-order valence-electron chi connectivity index (χ0n) is 15.8. The smallest absolute Gasteiger partial charge is 0.256 e. The average Bonchev–Trinajstić information content (AvgIpc) is 2.54. The van der Waals surface area contributed by atoms with Crippen LogP contribution in [0.25, 0.3) is 0 Å². The minimum absolute atomic E-state index is 0.0177. The predicted octanol–water partition coefficient (Wildman–Crippen LogP) is 2.84. The van der Waals surface area contributed by atoms with E-state index < -0.39 is 32.2 Å². The van der Waals surface area contributed by atoms with E-state index in [4.69, 9.17) is 0 Å². The predicted molar refractivity (Wildman–Crippen MR) is 104 cm³/mol. The molecule has 2 rings (SSSR count). The summed E-state index contributed by atoms with van der Waals surface area (Å²) >= 11 is 0. The van der Waals surface area contributed by atoms with Crippen molar-refractivity contribution in [3.63, 3.8) is 0 Å². The van der Waals surface area contributed by atoms with Crippen LogP contribution in [0.2, 0.25) is 0 Å². The van der Waals surface area contributed by atoms with Gasteiger partial charge in [0.15, 0.2) is 0 Å². The highest BCUT2D eigenvalue weighted by Gasteiger charge is 2.40. The number of aryl methyl sites for hydroxylation is 2. The summed E-state index contributed by atoms with van der Waals surface area (Å²) in [6.45, 7) is 6.59. The Kier molecular flexibility index (Phi) is 6.47. The van der Waals surface area contributed by atoms with Gasteiger partial charge in [-0.2, -0.15) is 0 Å². The highest BCUT2D eigenvalue weighted by molar-refractivity contribution is 8.04. The highest BCUT2D eigenvalue weighted by atomic mass is 32.3. The molecule has 148 valence electrons. The van der Waals surface area contributed by atoms with E-state index in [1.807, 2.05) is 13.8 Å². The third kappa shape index (κ3) is 4.76. The summed E-state index contributed by atoms with van der Waals surface area (Å²) in [7, 11) is -8.69. The number of nitrogens with zero attached hydrogens (tertiary/aromatic N) is 1. The summed E-state index contributed by atoms with van der Waals surface area (Å²) < 4.78 is 53.4. The molecule has 2 atom stereocenters. The minimum atomic E-state index is -4.34.